The molecular formula is C20H16ClF3N6O. The van der Waals surface area contributed by atoms with Crippen molar-refractivity contribution in [3.8, 4) is 22.5 Å². The zero-order chi connectivity index (χ0) is 21.1. The summed E-state index contributed by atoms with van der Waals surface area (Å²) in [4.78, 5) is 24.2. The van der Waals surface area contributed by atoms with Crippen LogP contribution >= 0.6 is 12.4 Å². The first-order valence-corrected chi connectivity index (χ1v) is 8.85. The van der Waals surface area contributed by atoms with Gasteiger partial charge >= 0.3 is 12.2 Å². The molecule has 0 aliphatic heterocycles. The molecule has 0 saturated heterocycles. The standard InChI is InChI=1S/C20H15F3N6O.ClH/c21-20(22,23)11-26-19(30)28-15-3-1-2-14(8-15)17-10-25-18-9-13(5-7-29(17)18)16-4-6-24-12-27-16;/h1-10,12H,11H2,(H2,26,28,30);1H. The average Bonchev–Trinajstić information content (AvgIpc) is 3.16. The van der Waals surface area contributed by atoms with Crippen LogP contribution in [0.4, 0.5) is 23.7 Å². The molecule has 2 N–H and O–H groups in total. The molecule has 0 atom stereocenters. The number of hydrogen-bond donors (Lipinski definition) is 2. The summed E-state index contributed by atoms with van der Waals surface area (Å²) in [5.74, 6) is 0. The fraction of sp³-hybridized carbons (Fsp3) is 0.100. The lowest BCUT2D eigenvalue weighted by atomic mass is 10.1. The maximum absolute atomic E-state index is 12.2. The number of carbonyl (C=O) groups is 1. The van der Waals surface area contributed by atoms with Gasteiger partial charge < -0.3 is 10.6 Å². The number of halogens is 4. The van der Waals surface area contributed by atoms with Crippen LogP contribution < -0.4 is 10.6 Å². The van der Waals surface area contributed by atoms with Gasteiger partial charge in [-0.3, -0.25) is 4.40 Å². The molecule has 4 aromatic rings. The van der Waals surface area contributed by atoms with Crippen molar-refractivity contribution in [3.63, 3.8) is 0 Å². The number of imidazole rings is 1. The van der Waals surface area contributed by atoms with Crippen molar-refractivity contribution in [2.75, 3.05) is 11.9 Å². The first-order valence-electron chi connectivity index (χ1n) is 8.85. The SMILES string of the molecule is Cl.O=C(NCC(F)(F)F)Nc1cccc(-c2cnc3cc(-c4ccncn4)ccn23)c1. The molecule has 3 heterocycles. The molecular weight excluding hydrogens is 433 g/mol. The van der Waals surface area contributed by atoms with Crippen LogP contribution in [0.3, 0.4) is 0 Å². The third kappa shape index (κ3) is 5.28. The fourth-order valence-corrected chi connectivity index (χ4v) is 2.93. The number of alkyl halides is 3. The van der Waals surface area contributed by atoms with Gasteiger partial charge in [0.1, 0.15) is 18.5 Å². The van der Waals surface area contributed by atoms with E-state index in [9.17, 15) is 18.0 Å². The van der Waals surface area contributed by atoms with E-state index in [-0.39, 0.29) is 12.4 Å². The highest BCUT2D eigenvalue weighted by molar-refractivity contribution is 5.90. The van der Waals surface area contributed by atoms with Gasteiger partial charge in [0.05, 0.1) is 17.6 Å². The topological polar surface area (TPSA) is 84.2 Å². The van der Waals surface area contributed by atoms with Crippen molar-refractivity contribution in [1.82, 2.24) is 24.7 Å². The normalized spacial score (nSPS) is 11.1. The third-order valence-electron chi connectivity index (χ3n) is 4.26. The summed E-state index contributed by atoms with van der Waals surface area (Å²) in [6, 6.07) is 11.4. The highest BCUT2D eigenvalue weighted by atomic mass is 35.5. The van der Waals surface area contributed by atoms with Crippen molar-refractivity contribution in [3.05, 3.63) is 67.4 Å². The minimum Gasteiger partial charge on any atom is -0.329 e. The number of amides is 2. The van der Waals surface area contributed by atoms with E-state index < -0.39 is 18.8 Å². The van der Waals surface area contributed by atoms with Gasteiger partial charge in [-0.25, -0.2) is 19.7 Å². The number of urea groups is 1. The highest BCUT2D eigenvalue weighted by Gasteiger charge is 2.27. The summed E-state index contributed by atoms with van der Waals surface area (Å²) in [5.41, 5.74) is 4.22. The Labute approximate surface area is 180 Å². The second-order valence-electron chi connectivity index (χ2n) is 6.39. The Morgan fingerprint density at radius 2 is 1.90 bits per heavy atom. The van der Waals surface area contributed by atoms with E-state index in [0.717, 1.165) is 22.5 Å². The van der Waals surface area contributed by atoms with E-state index in [1.165, 1.54) is 6.33 Å². The van der Waals surface area contributed by atoms with E-state index in [2.05, 4.69) is 20.3 Å². The zero-order valence-electron chi connectivity index (χ0n) is 15.8. The van der Waals surface area contributed by atoms with Crippen molar-refractivity contribution in [1.29, 1.82) is 0 Å². The lowest BCUT2D eigenvalue weighted by Crippen LogP contribution is -2.36. The summed E-state index contributed by atoms with van der Waals surface area (Å²) in [6.45, 7) is -1.40. The molecule has 2 amide bonds. The second-order valence-corrected chi connectivity index (χ2v) is 6.39. The predicted octanol–water partition coefficient (Wildman–Crippen LogP) is 4.56. The summed E-state index contributed by atoms with van der Waals surface area (Å²) < 4.78 is 38.6. The molecule has 7 nitrogen and oxygen atoms in total. The molecule has 0 saturated carbocycles. The highest BCUT2D eigenvalue weighted by Crippen LogP contribution is 2.26. The van der Waals surface area contributed by atoms with Gasteiger partial charge in [-0.05, 0) is 30.3 Å². The van der Waals surface area contributed by atoms with Gasteiger partial charge in [0, 0.05) is 29.2 Å². The number of nitrogens with zero attached hydrogens (tertiary/aromatic N) is 4. The maximum Gasteiger partial charge on any atom is 0.405 e. The van der Waals surface area contributed by atoms with Crippen LogP contribution in [0.25, 0.3) is 28.2 Å². The van der Waals surface area contributed by atoms with Crippen LogP contribution in [0.1, 0.15) is 0 Å². The molecule has 11 heteroatoms. The van der Waals surface area contributed by atoms with E-state index in [4.69, 9.17) is 0 Å². The first-order chi connectivity index (χ1) is 14.4. The van der Waals surface area contributed by atoms with Crippen LogP contribution in [0, 0.1) is 0 Å². The molecule has 0 unspecified atom stereocenters. The van der Waals surface area contributed by atoms with Crippen LogP contribution in [0.5, 0.6) is 0 Å². The average molecular weight is 449 g/mol. The Bertz CT molecular complexity index is 1200. The molecule has 3 aromatic heterocycles. The summed E-state index contributed by atoms with van der Waals surface area (Å²) in [7, 11) is 0. The molecule has 0 bridgehead atoms. The van der Waals surface area contributed by atoms with Gasteiger partial charge in [-0.15, -0.1) is 12.4 Å². The van der Waals surface area contributed by atoms with Crippen LogP contribution in [-0.2, 0) is 0 Å². The molecule has 1 aromatic carbocycles. The second kappa shape index (κ2) is 9.00. The molecule has 160 valence electrons. The van der Waals surface area contributed by atoms with Crippen LogP contribution in [0.2, 0.25) is 0 Å². The molecule has 0 radical (unpaired) electrons. The molecule has 0 aliphatic carbocycles. The van der Waals surface area contributed by atoms with Gasteiger partial charge in [0.25, 0.3) is 0 Å². The maximum atomic E-state index is 12.2. The van der Waals surface area contributed by atoms with Crippen molar-refractivity contribution < 1.29 is 18.0 Å². The quantitative estimate of drug-likeness (QED) is 0.479. The summed E-state index contributed by atoms with van der Waals surface area (Å²) in [6.07, 6.45) is 2.19. The minimum absolute atomic E-state index is 0. The smallest absolute Gasteiger partial charge is 0.329 e. The lowest BCUT2D eigenvalue weighted by molar-refractivity contribution is -0.122. The Kier molecular flexibility index (Phi) is 6.40. The monoisotopic (exact) mass is 448 g/mol. The van der Waals surface area contributed by atoms with Crippen molar-refractivity contribution in [2.24, 2.45) is 0 Å². The number of anilines is 1. The van der Waals surface area contributed by atoms with Crippen molar-refractivity contribution in [2.45, 2.75) is 6.18 Å². The number of aromatic nitrogens is 4. The fourth-order valence-electron chi connectivity index (χ4n) is 2.93. The van der Waals surface area contributed by atoms with Gasteiger partial charge in [0.15, 0.2) is 0 Å². The van der Waals surface area contributed by atoms with E-state index in [1.54, 1.807) is 42.0 Å². The van der Waals surface area contributed by atoms with E-state index in [0.29, 0.717) is 11.3 Å². The Hall–Kier alpha value is -3.66. The Morgan fingerprint density at radius 3 is 2.65 bits per heavy atom. The lowest BCUT2D eigenvalue weighted by Gasteiger charge is -2.11. The Balaban J connectivity index is 0.00000272. The van der Waals surface area contributed by atoms with Gasteiger partial charge in [0.2, 0.25) is 0 Å². The number of nitrogens with one attached hydrogen (secondary N) is 2. The van der Waals surface area contributed by atoms with E-state index in [1.807, 2.05) is 28.8 Å². The molecule has 4 rings (SSSR count). The van der Waals surface area contributed by atoms with Crippen molar-refractivity contribution >= 4 is 29.8 Å². The summed E-state index contributed by atoms with van der Waals surface area (Å²) >= 11 is 0. The number of fused-ring (bicyclic) bond motifs is 1. The minimum atomic E-state index is -4.47. The number of benzene rings is 1. The first kappa shape index (κ1) is 22.0. The zero-order valence-corrected chi connectivity index (χ0v) is 16.6. The summed E-state index contributed by atoms with van der Waals surface area (Å²) in [5, 5.41) is 4.18. The van der Waals surface area contributed by atoms with Gasteiger partial charge in [-0.2, -0.15) is 13.2 Å². The number of pyridine rings is 1. The van der Waals surface area contributed by atoms with E-state index >= 15 is 0 Å². The van der Waals surface area contributed by atoms with Gasteiger partial charge in [-0.1, -0.05) is 12.1 Å². The predicted molar refractivity (Wildman–Crippen MR) is 112 cm³/mol. The molecule has 0 spiro atoms. The molecule has 0 fully saturated rings. The Morgan fingerprint density at radius 1 is 1.06 bits per heavy atom. The number of hydrogen-bond acceptors (Lipinski definition) is 4. The number of rotatable bonds is 4. The largest absolute Gasteiger partial charge is 0.405 e. The third-order valence-corrected chi connectivity index (χ3v) is 4.26. The number of carbonyl (C=O) groups excluding carboxylic acids is 1. The van der Waals surface area contributed by atoms with Crippen LogP contribution in [0.15, 0.2) is 67.4 Å². The molecule has 0 aliphatic rings. The molecule has 31 heavy (non-hydrogen) atoms. The van der Waals surface area contributed by atoms with Crippen LogP contribution in [-0.4, -0.2) is 38.1 Å².